The summed E-state index contributed by atoms with van der Waals surface area (Å²) in [6.07, 6.45) is 1.74. The molecule has 0 bridgehead atoms. The van der Waals surface area contributed by atoms with Crippen LogP contribution in [0.3, 0.4) is 0 Å². The largest absolute Gasteiger partial charge is 0.496 e. The first kappa shape index (κ1) is 14.9. The topological polar surface area (TPSA) is 39.4 Å². The standard InChI is InChI=1S/C14H14BrN3OS/c1-9-6-10(2)18(14(20)17-9)16-8-11-4-5-13(19-3)12(15)7-11/h4-8H,1-3H3/b16-8+. The van der Waals surface area contributed by atoms with Gasteiger partial charge in [0.15, 0.2) is 0 Å². The molecular weight excluding hydrogens is 338 g/mol. The van der Waals surface area contributed by atoms with Crippen LogP contribution >= 0.6 is 28.1 Å². The summed E-state index contributed by atoms with van der Waals surface area (Å²) >= 11 is 8.66. The van der Waals surface area contributed by atoms with Crippen molar-refractivity contribution >= 4 is 34.4 Å². The molecule has 2 rings (SSSR count). The summed E-state index contributed by atoms with van der Waals surface area (Å²) in [6.45, 7) is 3.86. The number of ether oxygens (including phenoxy) is 1. The molecular formula is C14H14BrN3OS. The summed E-state index contributed by atoms with van der Waals surface area (Å²) in [5, 5.41) is 4.38. The van der Waals surface area contributed by atoms with E-state index >= 15 is 0 Å². The average molecular weight is 352 g/mol. The molecule has 6 heteroatoms. The summed E-state index contributed by atoms with van der Waals surface area (Å²) in [5.41, 5.74) is 2.79. The zero-order valence-electron chi connectivity index (χ0n) is 11.4. The molecule has 0 atom stereocenters. The van der Waals surface area contributed by atoms with Gasteiger partial charge in [0.2, 0.25) is 4.77 Å². The minimum atomic E-state index is 0.450. The van der Waals surface area contributed by atoms with Gasteiger partial charge in [-0.2, -0.15) is 5.10 Å². The molecule has 1 aromatic carbocycles. The number of hydrogen-bond donors (Lipinski definition) is 0. The van der Waals surface area contributed by atoms with E-state index < -0.39 is 0 Å². The second kappa shape index (κ2) is 6.28. The van der Waals surface area contributed by atoms with E-state index in [4.69, 9.17) is 17.0 Å². The van der Waals surface area contributed by atoms with Crippen LogP contribution in [0.4, 0.5) is 0 Å². The molecule has 104 valence electrons. The normalized spacial score (nSPS) is 11.0. The maximum Gasteiger partial charge on any atom is 0.220 e. The monoisotopic (exact) mass is 351 g/mol. The Kier molecular flexibility index (Phi) is 4.67. The molecule has 0 spiro atoms. The Morgan fingerprint density at radius 3 is 2.70 bits per heavy atom. The molecule has 0 saturated heterocycles. The zero-order valence-corrected chi connectivity index (χ0v) is 13.8. The number of nitrogens with zero attached hydrogens (tertiary/aromatic N) is 3. The van der Waals surface area contributed by atoms with E-state index in [-0.39, 0.29) is 0 Å². The van der Waals surface area contributed by atoms with E-state index in [0.717, 1.165) is 27.2 Å². The first-order valence-electron chi connectivity index (χ1n) is 5.96. The molecule has 0 aliphatic heterocycles. The van der Waals surface area contributed by atoms with Crippen molar-refractivity contribution in [1.82, 2.24) is 9.66 Å². The second-order valence-electron chi connectivity index (χ2n) is 4.27. The quantitative estimate of drug-likeness (QED) is 0.622. The predicted octanol–water partition coefficient (Wildman–Crippen LogP) is 3.88. The van der Waals surface area contributed by atoms with Gasteiger partial charge < -0.3 is 4.74 Å². The van der Waals surface area contributed by atoms with E-state index in [0.29, 0.717) is 4.77 Å². The maximum atomic E-state index is 5.22. The molecule has 20 heavy (non-hydrogen) atoms. The molecule has 1 aromatic heterocycles. The lowest BCUT2D eigenvalue weighted by Gasteiger charge is -2.06. The van der Waals surface area contributed by atoms with Crippen LogP contribution in [0.1, 0.15) is 17.0 Å². The molecule has 0 aliphatic rings. The lowest BCUT2D eigenvalue weighted by molar-refractivity contribution is 0.412. The molecule has 0 fully saturated rings. The van der Waals surface area contributed by atoms with Crippen molar-refractivity contribution in [2.24, 2.45) is 5.10 Å². The van der Waals surface area contributed by atoms with Crippen molar-refractivity contribution in [1.29, 1.82) is 0 Å². The van der Waals surface area contributed by atoms with Crippen molar-refractivity contribution in [3.05, 3.63) is 50.5 Å². The first-order valence-corrected chi connectivity index (χ1v) is 7.16. The van der Waals surface area contributed by atoms with Crippen LogP contribution in [-0.2, 0) is 0 Å². The van der Waals surface area contributed by atoms with Gasteiger partial charge >= 0.3 is 0 Å². The summed E-state index contributed by atoms with van der Waals surface area (Å²) in [4.78, 5) is 4.23. The Hall–Kier alpha value is -1.53. The van der Waals surface area contributed by atoms with Crippen LogP contribution in [0, 0.1) is 18.6 Å². The fourth-order valence-corrected chi connectivity index (χ4v) is 2.67. The van der Waals surface area contributed by atoms with Crippen molar-refractivity contribution in [3.63, 3.8) is 0 Å². The summed E-state index contributed by atoms with van der Waals surface area (Å²) in [6, 6.07) is 7.68. The lowest BCUT2D eigenvalue weighted by Crippen LogP contribution is -2.02. The molecule has 0 amide bonds. The predicted molar refractivity (Wildman–Crippen MR) is 86.2 cm³/mol. The number of rotatable bonds is 3. The van der Waals surface area contributed by atoms with E-state index in [9.17, 15) is 0 Å². The number of benzene rings is 1. The van der Waals surface area contributed by atoms with Crippen LogP contribution in [0.15, 0.2) is 33.8 Å². The number of aromatic nitrogens is 2. The molecule has 0 aliphatic carbocycles. The molecule has 0 N–H and O–H groups in total. The maximum absolute atomic E-state index is 5.22. The van der Waals surface area contributed by atoms with Crippen molar-refractivity contribution in [3.8, 4) is 5.75 Å². The number of methoxy groups -OCH3 is 1. The molecule has 0 saturated carbocycles. The van der Waals surface area contributed by atoms with Gasteiger partial charge in [-0.1, -0.05) is 0 Å². The van der Waals surface area contributed by atoms with E-state index in [1.807, 2.05) is 38.1 Å². The Bertz CT molecular complexity index is 725. The number of aryl methyl sites for hydroxylation is 2. The Balaban J connectivity index is 2.35. The van der Waals surface area contributed by atoms with Crippen LogP contribution in [-0.4, -0.2) is 23.0 Å². The highest BCUT2D eigenvalue weighted by Gasteiger charge is 2.01. The highest BCUT2D eigenvalue weighted by Crippen LogP contribution is 2.24. The summed E-state index contributed by atoms with van der Waals surface area (Å²) < 4.78 is 8.16. The first-order chi connectivity index (χ1) is 9.51. The van der Waals surface area contributed by atoms with Gasteiger partial charge in [0.05, 0.1) is 17.8 Å². The molecule has 1 heterocycles. The van der Waals surface area contributed by atoms with Crippen LogP contribution in [0.5, 0.6) is 5.75 Å². The van der Waals surface area contributed by atoms with Gasteiger partial charge in [0.25, 0.3) is 0 Å². The third-order valence-electron chi connectivity index (χ3n) is 2.70. The third kappa shape index (κ3) is 3.32. The van der Waals surface area contributed by atoms with Gasteiger partial charge in [-0.05, 0) is 71.8 Å². The van der Waals surface area contributed by atoms with Crippen LogP contribution < -0.4 is 4.74 Å². The van der Waals surface area contributed by atoms with Crippen LogP contribution in [0.25, 0.3) is 0 Å². The Labute approximate surface area is 131 Å². The Morgan fingerprint density at radius 2 is 2.10 bits per heavy atom. The van der Waals surface area contributed by atoms with Gasteiger partial charge in [-0.3, -0.25) is 0 Å². The van der Waals surface area contributed by atoms with Gasteiger partial charge in [-0.25, -0.2) is 9.66 Å². The van der Waals surface area contributed by atoms with E-state index in [1.54, 1.807) is 18.0 Å². The van der Waals surface area contributed by atoms with Crippen molar-refractivity contribution in [2.45, 2.75) is 13.8 Å². The molecule has 2 aromatic rings. The molecule has 4 nitrogen and oxygen atoms in total. The summed E-state index contributed by atoms with van der Waals surface area (Å²) in [7, 11) is 1.63. The van der Waals surface area contributed by atoms with Crippen molar-refractivity contribution < 1.29 is 4.74 Å². The Morgan fingerprint density at radius 1 is 1.35 bits per heavy atom. The smallest absolute Gasteiger partial charge is 0.220 e. The van der Waals surface area contributed by atoms with Crippen molar-refractivity contribution in [2.75, 3.05) is 7.11 Å². The minimum absolute atomic E-state index is 0.450. The van der Waals surface area contributed by atoms with Crippen LogP contribution in [0.2, 0.25) is 0 Å². The molecule has 0 radical (unpaired) electrons. The van der Waals surface area contributed by atoms with E-state index in [2.05, 4.69) is 26.0 Å². The highest BCUT2D eigenvalue weighted by molar-refractivity contribution is 9.10. The number of hydrogen-bond acceptors (Lipinski definition) is 4. The summed E-state index contributed by atoms with van der Waals surface area (Å²) in [5.74, 6) is 0.784. The highest BCUT2D eigenvalue weighted by atomic mass is 79.9. The number of halogens is 1. The molecule has 0 unspecified atom stereocenters. The fraction of sp³-hybridized carbons (Fsp3) is 0.214. The zero-order chi connectivity index (χ0) is 14.7. The van der Waals surface area contributed by atoms with E-state index in [1.165, 1.54) is 0 Å². The second-order valence-corrected chi connectivity index (χ2v) is 5.49. The van der Waals surface area contributed by atoms with Gasteiger partial charge in [0.1, 0.15) is 5.75 Å². The SMILES string of the molecule is COc1ccc(/C=N/n2c(C)cc(C)nc2=S)cc1Br. The minimum Gasteiger partial charge on any atom is -0.496 e. The van der Waals surface area contributed by atoms with Gasteiger partial charge in [0, 0.05) is 11.4 Å². The lowest BCUT2D eigenvalue weighted by atomic mass is 10.2. The fourth-order valence-electron chi connectivity index (χ4n) is 1.77. The van der Waals surface area contributed by atoms with Gasteiger partial charge in [-0.15, -0.1) is 0 Å². The average Bonchev–Trinajstić information content (AvgIpc) is 2.37. The third-order valence-corrected chi connectivity index (χ3v) is 3.59.